The van der Waals surface area contributed by atoms with Crippen LogP contribution in [0.15, 0.2) is 22.7 Å². The van der Waals surface area contributed by atoms with Crippen LogP contribution < -0.4 is 10.1 Å². The van der Waals surface area contributed by atoms with E-state index in [2.05, 4.69) is 26.0 Å². The summed E-state index contributed by atoms with van der Waals surface area (Å²) in [4.78, 5) is 0. The molecule has 0 saturated carbocycles. The molecule has 0 bridgehead atoms. The van der Waals surface area contributed by atoms with Gasteiger partial charge in [0.05, 0.1) is 12.3 Å². The predicted octanol–water partition coefficient (Wildman–Crippen LogP) is 3.80. The van der Waals surface area contributed by atoms with E-state index >= 15 is 0 Å². The van der Waals surface area contributed by atoms with Gasteiger partial charge in [-0.1, -0.05) is 15.9 Å². The second kappa shape index (κ2) is 6.00. The maximum Gasteiger partial charge on any atom is 0.573 e. The first-order valence-electron chi connectivity index (χ1n) is 5.81. The van der Waals surface area contributed by atoms with Gasteiger partial charge in [0.25, 0.3) is 0 Å². The summed E-state index contributed by atoms with van der Waals surface area (Å²) in [5.74, 6) is 0.0863. The van der Waals surface area contributed by atoms with Crippen LogP contribution in [-0.2, 0) is 4.74 Å². The average Bonchev–Trinajstić information content (AvgIpc) is 2.78. The molecule has 0 amide bonds. The minimum Gasteiger partial charge on any atom is -0.404 e. The van der Waals surface area contributed by atoms with Crippen molar-refractivity contribution in [1.82, 2.24) is 0 Å². The molecule has 1 aliphatic heterocycles. The highest BCUT2D eigenvalue weighted by molar-refractivity contribution is 9.10. The zero-order valence-corrected chi connectivity index (χ0v) is 11.6. The lowest BCUT2D eigenvalue weighted by Gasteiger charge is -2.16. The van der Waals surface area contributed by atoms with Gasteiger partial charge in [-0.2, -0.15) is 0 Å². The molecule has 0 aromatic heterocycles. The van der Waals surface area contributed by atoms with Crippen molar-refractivity contribution in [2.75, 3.05) is 25.1 Å². The van der Waals surface area contributed by atoms with Crippen LogP contribution >= 0.6 is 15.9 Å². The van der Waals surface area contributed by atoms with E-state index in [0.29, 0.717) is 35.8 Å². The number of nitrogens with one attached hydrogen (secondary N) is 1. The summed E-state index contributed by atoms with van der Waals surface area (Å²) in [7, 11) is 0. The Kier molecular flexibility index (Phi) is 4.57. The standard InChI is InChI=1S/C12H13BrF3NO2/c13-9-1-2-10(11(5-9)19-12(14,15)16)17-6-8-3-4-18-7-8/h1-2,5,8,17H,3-4,6-7H2. The van der Waals surface area contributed by atoms with Gasteiger partial charge in [0, 0.05) is 23.5 Å². The molecule has 1 aromatic carbocycles. The molecule has 3 nitrogen and oxygen atoms in total. The Morgan fingerprint density at radius 3 is 2.84 bits per heavy atom. The number of anilines is 1. The second-order valence-electron chi connectivity index (χ2n) is 4.30. The van der Waals surface area contributed by atoms with Gasteiger partial charge in [0.1, 0.15) is 0 Å². The van der Waals surface area contributed by atoms with Crippen molar-refractivity contribution < 1.29 is 22.6 Å². The third-order valence-corrected chi connectivity index (χ3v) is 3.27. The van der Waals surface area contributed by atoms with Crippen LogP contribution in [0.3, 0.4) is 0 Å². The molecule has 1 saturated heterocycles. The Morgan fingerprint density at radius 1 is 1.42 bits per heavy atom. The van der Waals surface area contributed by atoms with Crippen molar-refractivity contribution in [3.63, 3.8) is 0 Å². The number of halogens is 4. The Hall–Kier alpha value is -0.950. The molecule has 0 aliphatic carbocycles. The lowest BCUT2D eigenvalue weighted by atomic mass is 10.1. The van der Waals surface area contributed by atoms with Crippen molar-refractivity contribution in [2.45, 2.75) is 12.8 Å². The molecule has 1 fully saturated rings. The van der Waals surface area contributed by atoms with Gasteiger partial charge in [-0.05, 0) is 24.6 Å². The Labute approximate surface area is 117 Å². The quantitative estimate of drug-likeness (QED) is 0.905. The fraction of sp³-hybridized carbons (Fsp3) is 0.500. The highest BCUT2D eigenvalue weighted by atomic mass is 79.9. The number of hydrogen-bond donors (Lipinski definition) is 1. The fourth-order valence-electron chi connectivity index (χ4n) is 1.85. The highest BCUT2D eigenvalue weighted by Crippen LogP contribution is 2.33. The smallest absolute Gasteiger partial charge is 0.404 e. The predicted molar refractivity (Wildman–Crippen MR) is 68.2 cm³/mol. The molecule has 1 aliphatic rings. The van der Waals surface area contributed by atoms with Crippen molar-refractivity contribution in [3.05, 3.63) is 22.7 Å². The van der Waals surface area contributed by atoms with Gasteiger partial charge in [-0.15, -0.1) is 13.2 Å². The summed E-state index contributed by atoms with van der Waals surface area (Å²) in [5.41, 5.74) is 0.326. The molecule has 0 spiro atoms. The van der Waals surface area contributed by atoms with E-state index < -0.39 is 6.36 Å². The fourth-order valence-corrected chi connectivity index (χ4v) is 2.19. The largest absolute Gasteiger partial charge is 0.573 e. The van der Waals surface area contributed by atoms with E-state index in [1.807, 2.05) is 0 Å². The lowest BCUT2D eigenvalue weighted by Crippen LogP contribution is -2.19. The maximum atomic E-state index is 12.3. The SMILES string of the molecule is FC(F)(F)Oc1cc(Br)ccc1NCC1CCOC1. The zero-order chi connectivity index (χ0) is 13.9. The maximum absolute atomic E-state index is 12.3. The molecule has 106 valence electrons. The molecule has 1 atom stereocenters. The number of ether oxygens (including phenoxy) is 2. The lowest BCUT2D eigenvalue weighted by molar-refractivity contribution is -0.274. The number of benzene rings is 1. The average molecular weight is 340 g/mol. The summed E-state index contributed by atoms with van der Waals surface area (Å²) < 4.78 is 46.7. The van der Waals surface area contributed by atoms with E-state index in [9.17, 15) is 13.2 Å². The van der Waals surface area contributed by atoms with Crippen molar-refractivity contribution in [3.8, 4) is 5.75 Å². The first-order valence-corrected chi connectivity index (χ1v) is 6.60. The minimum absolute atomic E-state index is 0.235. The topological polar surface area (TPSA) is 30.5 Å². The van der Waals surface area contributed by atoms with Gasteiger partial charge in [0.2, 0.25) is 0 Å². The minimum atomic E-state index is -4.70. The molecule has 2 rings (SSSR count). The summed E-state index contributed by atoms with van der Waals surface area (Å²) in [6.45, 7) is 1.91. The Balaban J connectivity index is 2.05. The van der Waals surface area contributed by atoms with E-state index in [4.69, 9.17) is 4.74 Å². The van der Waals surface area contributed by atoms with E-state index in [0.717, 1.165) is 6.42 Å². The second-order valence-corrected chi connectivity index (χ2v) is 5.21. The van der Waals surface area contributed by atoms with Crippen LogP contribution in [0.25, 0.3) is 0 Å². The molecule has 1 N–H and O–H groups in total. The Bertz CT molecular complexity index is 433. The number of alkyl halides is 3. The first-order chi connectivity index (χ1) is 8.94. The molecule has 1 aromatic rings. The molecule has 7 heteroatoms. The van der Waals surface area contributed by atoms with Crippen molar-refractivity contribution in [2.24, 2.45) is 5.92 Å². The summed E-state index contributed by atoms with van der Waals surface area (Å²) in [6, 6.07) is 4.51. The third kappa shape index (κ3) is 4.58. The zero-order valence-electron chi connectivity index (χ0n) is 9.97. The van der Waals surface area contributed by atoms with Crippen LogP contribution in [0.1, 0.15) is 6.42 Å². The first kappa shape index (κ1) is 14.5. The van der Waals surface area contributed by atoms with Gasteiger partial charge in [0.15, 0.2) is 5.75 Å². The van der Waals surface area contributed by atoms with Crippen LogP contribution in [0.2, 0.25) is 0 Å². The monoisotopic (exact) mass is 339 g/mol. The molecular formula is C12H13BrF3NO2. The summed E-state index contributed by atoms with van der Waals surface area (Å²) >= 11 is 3.13. The molecule has 0 radical (unpaired) electrons. The summed E-state index contributed by atoms with van der Waals surface area (Å²) in [6.07, 6.45) is -3.79. The van der Waals surface area contributed by atoms with Crippen LogP contribution in [-0.4, -0.2) is 26.1 Å². The van der Waals surface area contributed by atoms with Gasteiger partial charge in [-0.25, -0.2) is 0 Å². The van der Waals surface area contributed by atoms with E-state index in [-0.39, 0.29) is 5.75 Å². The molecule has 19 heavy (non-hydrogen) atoms. The number of hydrogen-bond acceptors (Lipinski definition) is 3. The third-order valence-electron chi connectivity index (χ3n) is 2.77. The van der Waals surface area contributed by atoms with E-state index in [1.165, 1.54) is 6.07 Å². The Morgan fingerprint density at radius 2 is 2.21 bits per heavy atom. The normalized spacial score (nSPS) is 19.5. The molecule has 1 unspecified atom stereocenters. The van der Waals surface area contributed by atoms with Crippen LogP contribution in [0.5, 0.6) is 5.75 Å². The number of rotatable bonds is 4. The summed E-state index contributed by atoms with van der Waals surface area (Å²) in [5, 5.41) is 2.98. The van der Waals surface area contributed by atoms with Crippen molar-refractivity contribution >= 4 is 21.6 Å². The van der Waals surface area contributed by atoms with E-state index in [1.54, 1.807) is 12.1 Å². The van der Waals surface area contributed by atoms with Gasteiger partial charge >= 0.3 is 6.36 Å². The van der Waals surface area contributed by atoms with Crippen LogP contribution in [0.4, 0.5) is 18.9 Å². The van der Waals surface area contributed by atoms with Crippen molar-refractivity contribution in [1.29, 1.82) is 0 Å². The van der Waals surface area contributed by atoms with Gasteiger partial charge < -0.3 is 14.8 Å². The highest BCUT2D eigenvalue weighted by Gasteiger charge is 2.32. The molecular weight excluding hydrogens is 327 g/mol. The van der Waals surface area contributed by atoms with Gasteiger partial charge in [-0.3, -0.25) is 0 Å². The molecule has 1 heterocycles. The van der Waals surface area contributed by atoms with Crippen LogP contribution in [0, 0.1) is 5.92 Å².